The molecule has 1 aromatic carbocycles. The molecular weight excluding hydrogens is 275 g/mol. The van der Waals surface area contributed by atoms with Gasteiger partial charge in [-0.2, -0.15) is 0 Å². The van der Waals surface area contributed by atoms with Gasteiger partial charge in [-0.3, -0.25) is 9.59 Å². The van der Waals surface area contributed by atoms with Gasteiger partial charge in [0.15, 0.2) is 0 Å². The first-order valence-corrected chi connectivity index (χ1v) is 6.81. The van der Waals surface area contributed by atoms with E-state index in [-0.39, 0.29) is 18.2 Å². The van der Waals surface area contributed by atoms with E-state index in [4.69, 9.17) is 0 Å². The lowest BCUT2D eigenvalue weighted by Gasteiger charge is -2.17. The minimum absolute atomic E-state index is 0.219. The molecule has 6 heteroatoms. The smallest absolute Gasteiger partial charge is 0.313 e. The second-order valence-corrected chi connectivity index (χ2v) is 5.45. The van der Waals surface area contributed by atoms with E-state index in [9.17, 15) is 19.1 Å². The van der Waals surface area contributed by atoms with Crippen LogP contribution in [0.15, 0.2) is 18.2 Å². The number of anilines is 1. The van der Waals surface area contributed by atoms with E-state index in [0.717, 1.165) is 6.07 Å². The molecular formula is C15H21FN2O3. The molecule has 0 aromatic heterocycles. The number of aliphatic hydroxyl groups is 1. The summed E-state index contributed by atoms with van der Waals surface area (Å²) in [4.78, 5) is 23.5. The number of carbonyl (C=O) groups excluding carboxylic acids is 2. The fourth-order valence-electron chi connectivity index (χ4n) is 2.00. The predicted molar refractivity (Wildman–Crippen MR) is 78.2 cm³/mol. The maximum atomic E-state index is 13.2. The summed E-state index contributed by atoms with van der Waals surface area (Å²) in [6.45, 7) is 5.34. The number of benzene rings is 1. The van der Waals surface area contributed by atoms with Crippen LogP contribution in [-0.4, -0.2) is 29.6 Å². The number of nitrogens with one attached hydrogen (secondary N) is 2. The van der Waals surface area contributed by atoms with Gasteiger partial charge in [0.1, 0.15) is 5.82 Å². The van der Waals surface area contributed by atoms with Crippen LogP contribution in [0.25, 0.3) is 0 Å². The molecule has 0 bridgehead atoms. The van der Waals surface area contributed by atoms with Crippen LogP contribution in [0.5, 0.6) is 0 Å². The van der Waals surface area contributed by atoms with Crippen LogP contribution in [0.4, 0.5) is 10.1 Å². The molecule has 0 aliphatic carbocycles. The van der Waals surface area contributed by atoms with Crippen LogP contribution >= 0.6 is 0 Å². The van der Waals surface area contributed by atoms with E-state index in [1.807, 2.05) is 13.8 Å². The Morgan fingerprint density at radius 3 is 2.43 bits per heavy atom. The van der Waals surface area contributed by atoms with Gasteiger partial charge in [-0.15, -0.1) is 0 Å². The maximum Gasteiger partial charge on any atom is 0.313 e. The third kappa shape index (κ3) is 5.91. The van der Waals surface area contributed by atoms with E-state index in [1.54, 1.807) is 13.0 Å². The number of aryl methyl sites for hydroxylation is 1. The summed E-state index contributed by atoms with van der Waals surface area (Å²) in [5.74, 6) is -1.95. The molecule has 1 rings (SSSR count). The zero-order chi connectivity index (χ0) is 16.0. The summed E-state index contributed by atoms with van der Waals surface area (Å²) in [6.07, 6.45) is 0.564. The van der Waals surface area contributed by atoms with Gasteiger partial charge in [-0.05, 0) is 43.0 Å². The quantitative estimate of drug-likeness (QED) is 0.722. The Bertz CT molecular complexity index is 497. The highest BCUT2D eigenvalue weighted by atomic mass is 19.1. The molecule has 0 radical (unpaired) electrons. The van der Waals surface area contributed by atoms with Crippen LogP contribution in [0, 0.1) is 18.7 Å². The van der Waals surface area contributed by atoms with E-state index in [2.05, 4.69) is 10.6 Å². The van der Waals surface area contributed by atoms with Crippen LogP contribution in [-0.2, 0) is 9.59 Å². The van der Waals surface area contributed by atoms with Gasteiger partial charge in [0.2, 0.25) is 0 Å². The molecule has 0 saturated carbocycles. The second-order valence-electron chi connectivity index (χ2n) is 5.45. The lowest BCUT2D eigenvalue weighted by Crippen LogP contribution is -2.44. The van der Waals surface area contributed by atoms with Crippen LogP contribution in [0.2, 0.25) is 0 Å². The minimum atomic E-state index is -0.887. The number of hydrogen-bond donors (Lipinski definition) is 3. The van der Waals surface area contributed by atoms with Gasteiger partial charge in [0.05, 0.1) is 12.6 Å². The summed E-state index contributed by atoms with van der Waals surface area (Å²) in [6, 6.07) is 3.54. The van der Waals surface area contributed by atoms with Crippen LogP contribution in [0.3, 0.4) is 0 Å². The van der Waals surface area contributed by atoms with Crippen molar-refractivity contribution in [3.8, 4) is 0 Å². The first kappa shape index (κ1) is 17.1. The van der Waals surface area contributed by atoms with Gasteiger partial charge in [-0.1, -0.05) is 13.8 Å². The second kappa shape index (κ2) is 7.73. The standard InChI is InChI=1S/C15H21FN2O3/c1-9(2)4-13(8-19)18-15(21)14(20)17-12-6-10(3)5-11(16)7-12/h5-7,9,13,19H,4,8H2,1-3H3,(H,17,20)(H,18,21). The van der Waals surface area contributed by atoms with Crippen molar-refractivity contribution in [1.82, 2.24) is 5.32 Å². The molecule has 1 unspecified atom stereocenters. The average Bonchev–Trinajstić information content (AvgIpc) is 2.35. The molecule has 1 atom stereocenters. The molecule has 21 heavy (non-hydrogen) atoms. The fraction of sp³-hybridized carbons (Fsp3) is 0.467. The normalized spacial score (nSPS) is 12.1. The largest absolute Gasteiger partial charge is 0.394 e. The van der Waals surface area contributed by atoms with E-state index < -0.39 is 23.7 Å². The van der Waals surface area contributed by atoms with Gasteiger partial charge >= 0.3 is 11.8 Å². The summed E-state index contributed by atoms with van der Waals surface area (Å²) in [5, 5.41) is 14.0. The van der Waals surface area contributed by atoms with E-state index in [0.29, 0.717) is 12.0 Å². The molecule has 0 aliphatic heterocycles. The Hall–Kier alpha value is -1.95. The highest BCUT2D eigenvalue weighted by Crippen LogP contribution is 2.13. The lowest BCUT2D eigenvalue weighted by molar-refractivity contribution is -0.136. The van der Waals surface area contributed by atoms with Crippen molar-refractivity contribution in [2.75, 3.05) is 11.9 Å². The summed E-state index contributed by atoms with van der Waals surface area (Å²) in [7, 11) is 0. The highest BCUT2D eigenvalue weighted by Gasteiger charge is 2.19. The number of halogens is 1. The Balaban J connectivity index is 2.63. The molecule has 0 fully saturated rings. The van der Waals surface area contributed by atoms with Crippen molar-refractivity contribution >= 4 is 17.5 Å². The molecule has 0 saturated heterocycles. The van der Waals surface area contributed by atoms with Crippen molar-refractivity contribution in [2.45, 2.75) is 33.2 Å². The first-order chi connectivity index (χ1) is 9.81. The van der Waals surface area contributed by atoms with Crippen LogP contribution < -0.4 is 10.6 Å². The molecule has 0 aliphatic rings. The number of aliphatic hydroxyl groups excluding tert-OH is 1. The zero-order valence-corrected chi connectivity index (χ0v) is 12.4. The third-order valence-corrected chi connectivity index (χ3v) is 2.82. The molecule has 1 aromatic rings. The molecule has 0 heterocycles. The molecule has 2 amide bonds. The summed E-state index contributed by atoms with van der Waals surface area (Å²) < 4.78 is 13.2. The van der Waals surface area contributed by atoms with Gasteiger partial charge in [-0.25, -0.2) is 4.39 Å². The summed E-state index contributed by atoms with van der Waals surface area (Å²) in [5.41, 5.74) is 0.857. The monoisotopic (exact) mass is 296 g/mol. The fourth-order valence-corrected chi connectivity index (χ4v) is 2.00. The van der Waals surface area contributed by atoms with Gasteiger partial charge in [0, 0.05) is 5.69 Å². The average molecular weight is 296 g/mol. The highest BCUT2D eigenvalue weighted by molar-refractivity contribution is 6.39. The van der Waals surface area contributed by atoms with Crippen molar-refractivity contribution in [2.24, 2.45) is 5.92 Å². The minimum Gasteiger partial charge on any atom is -0.394 e. The van der Waals surface area contributed by atoms with Crippen molar-refractivity contribution in [3.05, 3.63) is 29.6 Å². The Kier molecular flexibility index (Phi) is 6.30. The van der Waals surface area contributed by atoms with Crippen molar-refractivity contribution in [1.29, 1.82) is 0 Å². The number of amides is 2. The van der Waals surface area contributed by atoms with E-state index in [1.165, 1.54) is 6.07 Å². The van der Waals surface area contributed by atoms with Gasteiger partial charge in [0.25, 0.3) is 0 Å². The summed E-state index contributed by atoms with van der Waals surface area (Å²) >= 11 is 0. The molecule has 3 N–H and O–H groups in total. The first-order valence-electron chi connectivity index (χ1n) is 6.81. The molecule has 0 spiro atoms. The zero-order valence-electron chi connectivity index (χ0n) is 12.4. The lowest BCUT2D eigenvalue weighted by atomic mass is 10.0. The van der Waals surface area contributed by atoms with Crippen molar-refractivity contribution < 1.29 is 19.1 Å². The Labute approximate surface area is 123 Å². The van der Waals surface area contributed by atoms with Crippen molar-refractivity contribution in [3.63, 3.8) is 0 Å². The topological polar surface area (TPSA) is 78.4 Å². The van der Waals surface area contributed by atoms with Crippen LogP contribution in [0.1, 0.15) is 25.8 Å². The number of hydrogen-bond acceptors (Lipinski definition) is 3. The predicted octanol–water partition coefficient (Wildman–Crippen LogP) is 1.60. The Morgan fingerprint density at radius 2 is 1.90 bits per heavy atom. The van der Waals surface area contributed by atoms with E-state index >= 15 is 0 Å². The number of carbonyl (C=O) groups is 2. The maximum absolute atomic E-state index is 13.2. The van der Waals surface area contributed by atoms with Gasteiger partial charge < -0.3 is 15.7 Å². The molecule has 116 valence electrons. The molecule has 5 nitrogen and oxygen atoms in total. The number of rotatable bonds is 5. The third-order valence-electron chi connectivity index (χ3n) is 2.82. The Morgan fingerprint density at radius 1 is 1.24 bits per heavy atom. The SMILES string of the molecule is Cc1cc(F)cc(NC(=O)C(=O)NC(CO)CC(C)C)c1.